The van der Waals surface area contributed by atoms with Crippen LogP contribution in [0.25, 0.3) is 0 Å². The van der Waals surface area contributed by atoms with Crippen molar-refractivity contribution in [2.24, 2.45) is 17.8 Å². The average Bonchev–Trinajstić information content (AvgIpc) is 2.87. The van der Waals surface area contributed by atoms with Crippen LogP contribution in [0.15, 0.2) is 0 Å². The van der Waals surface area contributed by atoms with E-state index in [1.165, 1.54) is 25.7 Å². The lowest BCUT2D eigenvalue weighted by Crippen LogP contribution is -2.52. The molecule has 1 amide bonds. The molecule has 0 heterocycles. The number of amides is 1. The van der Waals surface area contributed by atoms with Gasteiger partial charge in [-0.25, -0.2) is 0 Å². The quantitative estimate of drug-likeness (QED) is 0.821. The minimum atomic E-state index is -0.150. The van der Waals surface area contributed by atoms with Crippen molar-refractivity contribution in [1.29, 1.82) is 0 Å². The molecule has 5 unspecified atom stereocenters. The molecule has 2 saturated carbocycles. The third-order valence-corrected chi connectivity index (χ3v) is 4.84. The van der Waals surface area contributed by atoms with Gasteiger partial charge in [-0.3, -0.25) is 4.79 Å². The Labute approximate surface area is 117 Å². The standard InChI is InChI=1S/C16H30N2O/c1-10(14-9-12-6-7-13(14)8-12)17-11(2)15(19)18-16(3,4)5/h10-14,17H,6-9H2,1-5H3,(H,18,19). The van der Waals surface area contributed by atoms with Crippen LogP contribution in [0.3, 0.4) is 0 Å². The summed E-state index contributed by atoms with van der Waals surface area (Å²) in [5.41, 5.74) is -0.150. The predicted molar refractivity (Wildman–Crippen MR) is 78.9 cm³/mol. The van der Waals surface area contributed by atoms with Crippen molar-refractivity contribution < 1.29 is 4.79 Å². The molecule has 0 saturated heterocycles. The average molecular weight is 266 g/mol. The summed E-state index contributed by atoms with van der Waals surface area (Å²) >= 11 is 0. The van der Waals surface area contributed by atoms with Crippen LogP contribution in [-0.4, -0.2) is 23.5 Å². The Morgan fingerprint density at radius 3 is 2.32 bits per heavy atom. The van der Waals surface area contributed by atoms with Crippen molar-refractivity contribution in [2.75, 3.05) is 0 Å². The summed E-state index contributed by atoms with van der Waals surface area (Å²) in [6.07, 6.45) is 5.64. The molecule has 2 aliphatic carbocycles. The molecule has 0 spiro atoms. The Bertz CT molecular complexity index is 334. The highest BCUT2D eigenvalue weighted by molar-refractivity contribution is 5.81. The lowest BCUT2D eigenvalue weighted by molar-refractivity contribution is -0.124. The molecule has 2 aliphatic rings. The van der Waals surface area contributed by atoms with E-state index in [-0.39, 0.29) is 17.5 Å². The molecular weight excluding hydrogens is 236 g/mol. The molecule has 2 rings (SSSR count). The van der Waals surface area contributed by atoms with E-state index in [1.54, 1.807) is 0 Å². The normalized spacial score (nSPS) is 33.2. The molecule has 5 atom stereocenters. The van der Waals surface area contributed by atoms with Crippen LogP contribution >= 0.6 is 0 Å². The molecule has 0 aromatic heterocycles. The van der Waals surface area contributed by atoms with E-state index in [4.69, 9.17) is 0 Å². The van der Waals surface area contributed by atoms with E-state index >= 15 is 0 Å². The van der Waals surface area contributed by atoms with Crippen LogP contribution in [0.5, 0.6) is 0 Å². The smallest absolute Gasteiger partial charge is 0.237 e. The second kappa shape index (κ2) is 5.43. The van der Waals surface area contributed by atoms with Crippen LogP contribution in [0.1, 0.15) is 60.3 Å². The van der Waals surface area contributed by atoms with Crippen molar-refractivity contribution in [3.63, 3.8) is 0 Å². The lowest BCUT2D eigenvalue weighted by atomic mass is 9.83. The van der Waals surface area contributed by atoms with Gasteiger partial charge in [0.15, 0.2) is 0 Å². The largest absolute Gasteiger partial charge is 0.350 e. The van der Waals surface area contributed by atoms with Crippen molar-refractivity contribution in [1.82, 2.24) is 10.6 Å². The summed E-state index contributed by atoms with van der Waals surface area (Å²) < 4.78 is 0. The number of hydrogen-bond acceptors (Lipinski definition) is 2. The third kappa shape index (κ3) is 3.71. The zero-order chi connectivity index (χ0) is 14.2. The SMILES string of the molecule is CC(NC(C)C1CC2CCC1C2)C(=O)NC(C)(C)C. The van der Waals surface area contributed by atoms with Crippen molar-refractivity contribution in [3.8, 4) is 0 Å². The van der Waals surface area contributed by atoms with Gasteiger partial charge in [0.05, 0.1) is 6.04 Å². The fourth-order valence-electron chi connectivity index (χ4n) is 3.98. The molecule has 3 nitrogen and oxygen atoms in total. The maximum absolute atomic E-state index is 12.1. The molecule has 0 aromatic rings. The number of carbonyl (C=O) groups is 1. The number of nitrogens with one attached hydrogen (secondary N) is 2. The highest BCUT2D eigenvalue weighted by atomic mass is 16.2. The van der Waals surface area contributed by atoms with Crippen LogP contribution in [0.4, 0.5) is 0 Å². The fourth-order valence-corrected chi connectivity index (χ4v) is 3.98. The zero-order valence-electron chi connectivity index (χ0n) is 13.1. The topological polar surface area (TPSA) is 41.1 Å². The van der Waals surface area contributed by atoms with Crippen LogP contribution in [0.2, 0.25) is 0 Å². The number of hydrogen-bond donors (Lipinski definition) is 2. The zero-order valence-corrected chi connectivity index (χ0v) is 13.1. The molecule has 2 bridgehead atoms. The van der Waals surface area contributed by atoms with Crippen molar-refractivity contribution >= 4 is 5.91 Å². The molecule has 2 fully saturated rings. The van der Waals surface area contributed by atoms with Gasteiger partial charge >= 0.3 is 0 Å². The Morgan fingerprint density at radius 2 is 1.84 bits per heavy atom. The van der Waals surface area contributed by atoms with Gasteiger partial charge in [0.1, 0.15) is 0 Å². The number of fused-ring (bicyclic) bond motifs is 2. The van der Waals surface area contributed by atoms with E-state index < -0.39 is 0 Å². The Balaban J connectivity index is 1.81. The summed E-state index contributed by atoms with van der Waals surface area (Å²) in [4.78, 5) is 12.1. The first kappa shape index (κ1) is 14.8. The Morgan fingerprint density at radius 1 is 1.16 bits per heavy atom. The fraction of sp³-hybridized carbons (Fsp3) is 0.938. The minimum absolute atomic E-state index is 0.103. The molecular formula is C16H30N2O. The van der Waals surface area contributed by atoms with E-state index in [1.807, 2.05) is 27.7 Å². The maximum Gasteiger partial charge on any atom is 0.237 e. The summed E-state index contributed by atoms with van der Waals surface area (Å²) in [6, 6.07) is 0.351. The number of carbonyl (C=O) groups excluding carboxylic acids is 1. The molecule has 3 heteroatoms. The van der Waals surface area contributed by atoms with Gasteiger partial charge in [-0.15, -0.1) is 0 Å². The van der Waals surface area contributed by atoms with Crippen LogP contribution in [0, 0.1) is 17.8 Å². The lowest BCUT2D eigenvalue weighted by Gasteiger charge is -2.31. The van der Waals surface area contributed by atoms with Crippen molar-refractivity contribution in [2.45, 2.75) is 77.9 Å². The molecule has 19 heavy (non-hydrogen) atoms. The summed E-state index contributed by atoms with van der Waals surface area (Å²) in [5, 5.41) is 6.56. The third-order valence-electron chi connectivity index (χ3n) is 4.84. The summed E-state index contributed by atoms with van der Waals surface area (Å²) in [7, 11) is 0. The minimum Gasteiger partial charge on any atom is -0.350 e. The molecule has 0 aromatic carbocycles. The van der Waals surface area contributed by atoms with E-state index in [9.17, 15) is 4.79 Å². The highest BCUT2D eigenvalue weighted by Gasteiger charge is 2.42. The van der Waals surface area contributed by atoms with Gasteiger partial charge in [0.2, 0.25) is 5.91 Å². The number of rotatable bonds is 4. The molecule has 110 valence electrons. The Kier molecular flexibility index (Phi) is 4.24. The summed E-state index contributed by atoms with van der Waals surface area (Å²) in [5.74, 6) is 2.77. The van der Waals surface area contributed by atoms with E-state index in [0.717, 1.165) is 17.8 Å². The first-order valence-corrected chi connectivity index (χ1v) is 7.84. The Hall–Kier alpha value is -0.570. The molecule has 0 radical (unpaired) electrons. The highest BCUT2D eigenvalue weighted by Crippen LogP contribution is 2.49. The monoisotopic (exact) mass is 266 g/mol. The molecule has 0 aliphatic heterocycles. The first-order valence-electron chi connectivity index (χ1n) is 7.84. The second-order valence-corrected chi connectivity index (χ2v) is 7.75. The summed E-state index contributed by atoms with van der Waals surface area (Å²) in [6.45, 7) is 10.3. The van der Waals surface area contributed by atoms with Gasteiger partial charge in [-0.1, -0.05) is 6.42 Å². The van der Waals surface area contributed by atoms with Gasteiger partial charge in [-0.2, -0.15) is 0 Å². The van der Waals surface area contributed by atoms with Gasteiger partial charge < -0.3 is 10.6 Å². The molecule has 2 N–H and O–H groups in total. The predicted octanol–water partition coefficient (Wildman–Crippen LogP) is 2.70. The van der Waals surface area contributed by atoms with Crippen LogP contribution in [-0.2, 0) is 4.79 Å². The maximum atomic E-state index is 12.1. The second-order valence-electron chi connectivity index (χ2n) is 7.75. The van der Waals surface area contributed by atoms with Gasteiger partial charge in [0.25, 0.3) is 0 Å². The van der Waals surface area contributed by atoms with Crippen LogP contribution < -0.4 is 10.6 Å². The van der Waals surface area contributed by atoms with Gasteiger partial charge in [0, 0.05) is 11.6 Å². The van der Waals surface area contributed by atoms with E-state index in [0.29, 0.717) is 6.04 Å². The van der Waals surface area contributed by atoms with Gasteiger partial charge in [-0.05, 0) is 71.6 Å². The van der Waals surface area contributed by atoms with E-state index in [2.05, 4.69) is 17.6 Å². The van der Waals surface area contributed by atoms with Crippen molar-refractivity contribution in [3.05, 3.63) is 0 Å². The first-order chi connectivity index (χ1) is 8.76.